The fourth-order valence-corrected chi connectivity index (χ4v) is 5.10. The molecule has 1 aliphatic rings. The molecule has 0 bridgehead atoms. The quantitative estimate of drug-likeness (QED) is 0.358. The molecule has 1 heterocycles. The molecule has 0 unspecified atom stereocenters. The number of nitrogens with one attached hydrogen (secondary N) is 2. The first-order valence-electron chi connectivity index (χ1n) is 13.6. The maximum atomic E-state index is 13.8. The van der Waals surface area contributed by atoms with Crippen LogP contribution in [0.3, 0.4) is 0 Å². The Morgan fingerprint density at radius 2 is 1.63 bits per heavy atom. The van der Waals surface area contributed by atoms with Crippen molar-refractivity contribution in [3.63, 3.8) is 0 Å². The molecule has 0 radical (unpaired) electrons. The molecule has 0 saturated heterocycles. The number of oxazole rings is 1. The Bertz CT molecular complexity index is 1260. The highest BCUT2D eigenvalue weighted by molar-refractivity contribution is 6.03. The second-order valence-electron chi connectivity index (χ2n) is 11.9. The number of para-hydroxylation sites is 2. The van der Waals surface area contributed by atoms with Crippen LogP contribution in [0.4, 0.5) is 0 Å². The Morgan fingerprint density at radius 1 is 0.974 bits per heavy atom. The zero-order valence-corrected chi connectivity index (χ0v) is 23.1. The van der Waals surface area contributed by atoms with E-state index in [4.69, 9.17) is 4.42 Å². The second kappa shape index (κ2) is 11.1. The van der Waals surface area contributed by atoms with Crippen molar-refractivity contribution < 1.29 is 18.8 Å². The molecule has 7 heteroatoms. The highest BCUT2D eigenvalue weighted by atomic mass is 16.4. The third-order valence-corrected chi connectivity index (χ3v) is 7.34. The maximum Gasteiger partial charge on any atom is 0.266 e. The van der Waals surface area contributed by atoms with E-state index in [-0.39, 0.29) is 34.8 Å². The van der Waals surface area contributed by atoms with Crippen LogP contribution in [0.1, 0.15) is 99.8 Å². The predicted octanol–water partition coefficient (Wildman–Crippen LogP) is 5.97. The Morgan fingerprint density at radius 3 is 2.24 bits per heavy atom. The molecule has 1 atom stereocenters. The van der Waals surface area contributed by atoms with Crippen LogP contribution in [0, 0.1) is 5.92 Å². The zero-order valence-electron chi connectivity index (χ0n) is 23.1. The first-order valence-corrected chi connectivity index (χ1v) is 13.6. The topological polar surface area (TPSA) is 101 Å². The van der Waals surface area contributed by atoms with Crippen molar-refractivity contribution in [2.45, 2.75) is 90.1 Å². The summed E-state index contributed by atoms with van der Waals surface area (Å²) < 4.78 is 5.72. The van der Waals surface area contributed by atoms with E-state index in [9.17, 15) is 14.4 Å². The van der Waals surface area contributed by atoms with Gasteiger partial charge in [0.1, 0.15) is 11.1 Å². The number of hydrogen-bond donors (Lipinski definition) is 2. The van der Waals surface area contributed by atoms with Crippen molar-refractivity contribution in [1.29, 1.82) is 0 Å². The Balaban J connectivity index is 1.56. The average molecular weight is 518 g/mol. The third kappa shape index (κ3) is 6.14. The SMILES string of the molecule is CC(C)C[C@H](NC(=O)C1(NC(=O)c2ccc(C(C)(C)C)cc2)CCCCC1)C(=O)c1nc2ccccc2o1. The summed E-state index contributed by atoms with van der Waals surface area (Å²) in [6, 6.07) is 13.9. The van der Waals surface area contributed by atoms with Crippen LogP contribution in [0.25, 0.3) is 11.1 Å². The lowest BCUT2D eigenvalue weighted by Crippen LogP contribution is -2.62. The van der Waals surface area contributed by atoms with E-state index < -0.39 is 11.6 Å². The van der Waals surface area contributed by atoms with Gasteiger partial charge in [0.15, 0.2) is 5.58 Å². The smallest absolute Gasteiger partial charge is 0.266 e. The molecule has 2 amide bonds. The normalized spacial score (nSPS) is 16.3. The van der Waals surface area contributed by atoms with Crippen molar-refractivity contribution in [2.75, 3.05) is 0 Å². The van der Waals surface area contributed by atoms with Gasteiger partial charge in [-0.3, -0.25) is 14.4 Å². The van der Waals surface area contributed by atoms with Gasteiger partial charge in [-0.05, 0) is 60.4 Å². The molecule has 1 aromatic heterocycles. The van der Waals surface area contributed by atoms with Crippen LogP contribution in [-0.4, -0.2) is 34.2 Å². The number of nitrogens with zero attached hydrogens (tertiary/aromatic N) is 1. The Kier molecular flexibility index (Phi) is 8.05. The fourth-order valence-electron chi connectivity index (χ4n) is 5.10. The molecule has 3 aromatic rings. The van der Waals surface area contributed by atoms with Gasteiger partial charge in [-0.2, -0.15) is 0 Å². The summed E-state index contributed by atoms with van der Waals surface area (Å²) in [5, 5.41) is 6.05. The lowest BCUT2D eigenvalue weighted by Gasteiger charge is -2.37. The van der Waals surface area contributed by atoms with Crippen LogP contribution in [0.15, 0.2) is 52.9 Å². The molecule has 202 valence electrons. The Labute approximate surface area is 224 Å². The number of benzene rings is 2. The summed E-state index contributed by atoms with van der Waals surface area (Å²) in [6.45, 7) is 10.4. The first kappa shape index (κ1) is 27.6. The second-order valence-corrected chi connectivity index (χ2v) is 11.9. The molecule has 0 aliphatic heterocycles. The molecule has 7 nitrogen and oxygen atoms in total. The Hall–Kier alpha value is -3.48. The van der Waals surface area contributed by atoms with Crippen LogP contribution in [0.5, 0.6) is 0 Å². The van der Waals surface area contributed by atoms with E-state index in [0.29, 0.717) is 35.9 Å². The van der Waals surface area contributed by atoms with Crippen molar-refractivity contribution in [3.8, 4) is 0 Å². The summed E-state index contributed by atoms with van der Waals surface area (Å²) in [4.78, 5) is 45.0. The zero-order chi connectivity index (χ0) is 27.5. The van der Waals surface area contributed by atoms with Gasteiger partial charge in [0.25, 0.3) is 11.8 Å². The largest absolute Gasteiger partial charge is 0.434 e. The fraction of sp³-hybridized carbons (Fsp3) is 0.484. The molecular weight excluding hydrogens is 478 g/mol. The monoisotopic (exact) mass is 517 g/mol. The number of amides is 2. The van der Waals surface area contributed by atoms with E-state index in [1.807, 2.05) is 50.2 Å². The lowest BCUT2D eigenvalue weighted by atomic mass is 9.80. The number of carbonyl (C=O) groups excluding carboxylic acids is 3. The molecule has 1 fully saturated rings. The summed E-state index contributed by atoms with van der Waals surface area (Å²) in [5.41, 5.74) is 1.67. The first-order chi connectivity index (χ1) is 18.0. The molecule has 2 aromatic carbocycles. The van der Waals surface area contributed by atoms with Gasteiger partial charge in [-0.15, -0.1) is 0 Å². The van der Waals surface area contributed by atoms with Crippen LogP contribution in [-0.2, 0) is 10.2 Å². The molecule has 2 N–H and O–H groups in total. The van der Waals surface area contributed by atoms with E-state index in [1.54, 1.807) is 12.1 Å². The van der Waals surface area contributed by atoms with E-state index in [1.165, 1.54) is 0 Å². The average Bonchev–Trinajstić information content (AvgIpc) is 3.32. The van der Waals surface area contributed by atoms with Crippen LogP contribution in [0.2, 0.25) is 0 Å². The van der Waals surface area contributed by atoms with E-state index in [2.05, 4.69) is 36.4 Å². The van der Waals surface area contributed by atoms with Crippen LogP contribution < -0.4 is 10.6 Å². The number of carbonyl (C=O) groups is 3. The van der Waals surface area contributed by atoms with Gasteiger partial charge in [0.2, 0.25) is 11.7 Å². The van der Waals surface area contributed by atoms with Crippen molar-refractivity contribution >= 4 is 28.7 Å². The minimum atomic E-state index is -1.07. The third-order valence-electron chi connectivity index (χ3n) is 7.34. The van der Waals surface area contributed by atoms with Crippen molar-refractivity contribution in [2.24, 2.45) is 5.92 Å². The van der Waals surface area contributed by atoms with E-state index >= 15 is 0 Å². The maximum absolute atomic E-state index is 13.8. The molecule has 1 saturated carbocycles. The van der Waals surface area contributed by atoms with Gasteiger partial charge in [0.05, 0.1) is 6.04 Å². The molecule has 4 rings (SSSR count). The number of aromatic nitrogens is 1. The number of Topliss-reactive ketones (excluding diaryl/α,β-unsaturated/α-hetero) is 1. The van der Waals surface area contributed by atoms with Gasteiger partial charge in [-0.25, -0.2) is 4.98 Å². The van der Waals surface area contributed by atoms with E-state index in [0.717, 1.165) is 24.8 Å². The summed E-state index contributed by atoms with van der Waals surface area (Å²) in [6.07, 6.45) is 4.13. The standard InChI is InChI=1S/C31H39N3O4/c1-20(2)19-24(26(35)28-32-23-11-7-8-12-25(23)38-28)33-29(37)31(17-9-6-10-18-31)34-27(36)21-13-15-22(16-14-21)30(3,4)5/h7-8,11-16,20,24H,6,9-10,17-19H2,1-5H3,(H,33,37)(H,34,36)/t24-/m0/s1. The van der Waals surface area contributed by atoms with Crippen molar-refractivity contribution in [1.82, 2.24) is 15.6 Å². The van der Waals surface area contributed by atoms with Gasteiger partial charge in [-0.1, -0.05) is 78.1 Å². The molecule has 0 spiro atoms. The highest BCUT2D eigenvalue weighted by Crippen LogP contribution is 2.30. The van der Waals surface area contributed by atoms with Crippen molar-refractivity contribution in [3.05, 3.63) is 65.5 Å². The number of fused-ring (bicyclic) bond motifs is 1. The minimum absolute atomic E-state index is 0.0159. The predicted molar refractivity (Wildman–Crippen MR) is 148 cm³/mol. The molecular formula is C31H39N3O4. The number of hydrogen-bond acceptors (Lipinski definition) is 5. The number of rotatable bonds is 8. The number of ketones is 1. The van der Waals surface area contributed by atoms with Gasteiger partial charge in [0, 0.05) is 5.56 Å². The highest BCUT2D eigenvalue weighted by Gasteiger charge is 2.43. The summed E-state index contributed by atoms with van der Waals surface area (Å²) in [7, 11) is 0. The molecule has 1 aliphatic carbocycles. The summed E-state index contributed by atoms with van der Waals surface area (Å²) >= 11 is 0. The minimum Gasteiger partial charge on any atom is -0.434 e. The molecule has 38 heavy (non-hydrogen) atoms. The van der Waals surface area contributed by atoms with Gasteiger partial charge < -0.3 is 15.1 Å². The summed E-state index contributed by atoms with van der Waals surface area (Å²) in [5.74, 6) is -0.844. The lowest BCUT2D eigenvalue weighted by molar-refractivity contribution is -0.129. The van der Waals surface area contributed by atoms with Gasteiger partial charge >= 0.3 is 0 Å². The van der Waals surface area contributed by atoms with Crippen LogP contribution >= 0.6 is 0 Å².